The lowest BCUT2D eigenvalue weighted by atomic mass is 10.1. The van der Waals surface area contributed by atoms with Crippen LogP contribution in [0, 0.1) is 0 Å². The van der Waals surface area contributed by atoms with Gasteiger partial charge in [-0.05, 0) is 49.2 Å². The highest BCUT2D eigenvalue weighted by atomic mass is 32.2. The van der Waals surface area contributed by atoms with Gasteiger partial charge in [0.15, 0.2) is 0 Å². The van der Waals surface area contributed by atoms with Crippen molar-refractivity contribution in [3.05, 3.63) is 54.1 Å². The van der Waals surface area contributed by atoms with E-state index < -0.39 is 34.6 Å². The molecule has 3 rings (SSSR count). The molecule has 0 unspecified atom stereocenters. The van der Waals surface area contributed by atoms with E-state index in [-0.39, 0.29) is 22.7 Å². The molecule has 2 aromatic carbocycles. The van der Waals surface area contributed by atoms with E-state index in [4.69, 9.17) is 0 Å². The van der Waals surface area contributed by atoms with Crippen molar-refractivity contribution in [2.75, 3.05) is 36.8 Å². The molecular formula is C21H23F3N4O4S. The van der Waals surface area contributed by atoms with Crippen LogP contribution in [0.3, 0.4) is 0 Å². The Morgan fingerprint density at radius 2 is 1.61 bits per heavy atom. The number of alkyl halides is 3. The molecule has 0 aliphatic carbocycles. The van der Waals surface area contributed by atoms with Crippen LogP contribution in [-0.4, -0.2) is 56.9 Å². The van der Waals surface area contributed by atoms with E-state index in [9.17, 15) is 31.2 Å². The third kappa shape index (κ3) is 6.68. The second kappa shape index (κ2) is 10.2. The van der Waals surface area contributed by atoms with E-state index in [1.54, 1.807) is 11.4 Å². The number of nitrogens with zero attached hydrogens (tertiary/aromatic N) is 1. The molecule has 1 fully saturated rings. The number of rotatable bonds is 8. The van der Waals surface area contributed by atoms with Crippen molar-refractivity contribution in [2.45, 2.75) is 23.9 Å². The lowest BCUT2D eigenvalue weighted by Crippen LogP contribution is -2.34. The molecule has 0 aromatic heterocycles. The second-order valence-corrected chi connectivity index (χ2v) is 9.32. The highest BCUT2D eigenvalue weighted by Crippen LogP contribution is 2.22. The van der Waals surface area contributed by atoms with Crippen molar-refractivity contribution >= 4 is 33.2 Å². The minimum Gasteiger partial charge on any atom is -0.376 e. The number of carbonyl (C=O) groups excluding carboxylic acids is 2. The summed E-state index contributed by atoms with van der Waals surface area (Å²) in [5.74, 6) is -1.42. The van der Waals surface area contributed by atoms with E-state index in [0.717, 1.165) is 12.8 Å². The summed E-state index contributed by atoms with van der Waals surface area (Å²) in [5.41, 5.74) is 0.531. The molecule has 1 aliphatic heterocycles. The Morgan fingerprint density at radius 3 is 2.24 bits per heavy atom. The third-order valence-electron chi connectivity index (χ3n) is 4.90. The molecule has 3 N–H and O–H groups in total. The van der Waals surface area contributed by atoms with Crippen LogP contribution in [0.25, 0.3) is 0 Å². The van der Waals surface area contributed by atoms with Crippen LogP contribution in [0.2, 0.25) is 0 Å². The molecule has 2 amide bonds. The zero-order valence-corrected chi connectivity index (χ0v) is 18.3. The predicted octanol–water partition coefficient (Wildman–Crippen LogP) is 2.81. The zero-order valence-electron chi connectivity index (χ0n) is 17.5. The maximum absolute atomic E-state index is 12.5. The summed E-state index contributed by atoms with van der Waals surface area (Å²) >= 11 is 0. The number of carbonyl (C=O) groups is 2. The lowest BCUT2D eigenvalue weighted by molar-refractivity contribution is -0.123. The number of benzene rings is 2. The number of anilines is 2. The Labute approximate surface area is 189 Å². The molecule has 8 nitrogen and oxygen atoms in total. The normalized spacial score (nSPS) is 14.6. The summed E-state index contributed by atoms with van der Waals surface area (Å²) in [5, 5.41) is 7.11. The molecule has 0 atom stereocenters. The summed E-state index contributed by atoms with van der Waals surface area (Å²) in [7, 11) is -3.56. The molecule has 0 spiro atoms. The van der Waals surface area contributed by atoms with Crippen LogP contribution < -0.4 is 16.0 Å². The molecule has 0 bridgehead atoms. The molecule has 0 radical (unpaired) electrons. The number of amides is 2. The van der Waals surface area contributed by atoms with Gasteiger partial charge in [0.05, 0.1) is 17.0 Å². The summed E-state index contributed by atoms with van der Waals surface area (Å²) < 4.78 is 63.6. The average Bonchev–Trinajstić information content (AvgIpc) is 3.32. The SMILES string of the molecule is O=C(CNc1ccccc1C(=O)NCC(F)(F)F)Nc1ccc(S(=O)(=O)N2CCCC2)cc1. The molecule has 0 saturated carbocycles. The standard InChI is InChI=1S/C21H23F3N4O4S/c22-21(23,24)14-26-20(30)17-5-1-2-6-18(17)25-13-19(29)27-15-7-9-16(10-8-15)33(31,32)28-11-3-4-12-28/h1-2,5-10,25H,3-4,11-14H2,(H,26,30)(H,27,29). The highest BCUT2D eigenvalue weighted by molar-refractivity contribution is 7.89. The van der Waals surface area contributed by atoms with Gasteiger partial charge in [-0.1, -0.05) is 12.1 Å². The van der Waals surface area contributed by atoms with Gasteiger partial charge in [-0.2, -0.15) is 17.5 Å². The highest BCUT2D eigenvalue weighted by Gasteiger charge is 2.28. The summed E-state index contributed by atoms with van der Waals surface area (Å²) in [6.07, 6.45) is -2.89. The number of hydrogen-bond acceptors (Lipinski definition) is 5. The Bertz CT molecular complexity index is 1100. The first kappa shape index (κ1) is 24.5. The fourth-order valence-corrected chi connectivity index (χ4v) is 4.80. The van der Waals surface area contributed by atoms with Crippen LogP contribution in [0.5, 0.6) is 0 Å². The van der Waals surface area contributed by atoms with Crippen LogP contribution in [0.4, 0.5) is 24.5 Å². The second-order valence-electron chi connectivity index (χ2n) is 7.38. The van der Waals surface area contributed by atoms with Gasteiger partial charge in [0.1, 0.15) is 6.54 Å². The predicted molar refractivity (Wildman–Crippen MR) is 116 cm³/mol. The number of para-hydroxylation sites is 1. The van der Waals surface area contributed by atoms with Crippen molar-refractivity contribution in [1.29, 1.82) is 0 Å². The average molecular weight is 485 g/mol. The van der Waals surface area contributed by atoms with E-state index >= 15 is 0 Å². The molecule has 33 heavy (non-hydrogen) atoms. The van der Waals surface area contributed by atoms with Gasteiger partial charge in [-0.25, -0.2) is 8.42 Å². The summed E-state index contributed by atoms with van der Waals surface area (Å²) in [6, 6.07) is 11.6. The topological polar surface area (TPSA) is 108 Å². The van der Waals surface area contributed by atoms with Crippen molar-refractivity contribution in [1.82, 2.24) is 9.62 Å². The fourth-order valence-electron chi connectivity index (χ4n) is 3.28. The number of hydrogen-bond donors (Lipinski definition) is 3. The van der Waals surface area contributed by atoms with Crippen molar-refractivity contribution in [3.63, 3.8) is 0 Å². The van der Waals surface area contributed by atoms with Crippen molar-refractivity contribution in [2.24, 2.45) is 0 Å². The van der Waals surface area contributed by atoms with E-state index in [1.165, 1.54) is 46.8 Å². The molecule has 1 aliphatic rings. The Hall–Kier alpha value is -3.12. The maximum Gasteiger partial charge on any atom is 0.405 e. The minimum absolute atomic E-state index is 0.0361. The zero-order chi connectivity index (χ0) is 24.1. The van der Waals surface area contributed by atoms with E-state index in [1.807, 2.05) is 0 Å². The first-order chi connectivity index (χ1) is 15.6. The van der Waals surface area contributed by atoms with Gasteiger partial charge in [-0.15, -0.1) is 0 Å². The van der Waals surface area contributed by atoms with Crippen LogP contribution in [-0.2, 0) is 14.8 Å². The van der Waals surface area contributed by atoms with Gasteiger partial charge in [-0.3, -0.25) is 9.59 Å². The smallest absolute Gasteiger partial charge is 0.376 e. The maximum atomic E-state index is 12.5. The molecule has 12 heteroatoms. The summed E-state index contributed by atoms with van der Waals surface area (Å²) in [6.45, 7) is -0.758. The summed E-state index contributed by atoms with van der Waals surface area (Å²) in [4.78, 5) is 24.5. The number of halogens is 3. The third-order valence-corrected chi connectivity index (χ3v) is 6.81. The largest absolute Gasteiger partial charge is 0.405 e. The van der Waals surface area contributed by atoms with Crippen molar-refractivity contribution in [3.8, 4) is 0 Å². The quantitative estimate of drug-likeness (QED) is 0.534. The van der Waals surface area contributed by atoms with E-state index in [2.05, 4.69) is 10.6 Å². The van der Waals surface area contributed by atoms with Gasteiger partial charge < -0.3 is 16.0 Å². The molecule has 1 saturated heterocycles. The minimum atomic E-state index is -4.54. The Balaban J connectivity index is 1.57. The van der Waals surface area contributed by atoms with Gasteiger partial charge in [0.25, 0.3) is 5.91 Å². The monoisotopic (exact) mass is 484 g/mol. The first-order valence-electron chi connectivity index (χ1n) is 10.1. The van der Waals surface area contributed by atoms with Gasteiger partial charge in [0, 0.05) is 24.5 Å². The van der Waals surface area contributed by atoms with Crippen LogP contribution in [0.15, 0.2) is 53.4 Å². The lowest BCUT2D eigenvalue weighted by Gasteiger charge is -2.16. The molecule has 178 valence electrons. The molecule has 1 heterocycles. The first-order valence-corrected chi connectivity index (χ1v) is 11.6. The van der Waals surface area contributed by atoms with Gasteiger partial charge >= 0.3 is 6.18 Å². The van der Waals surface area contributed by atoms with Crippen LogP contribution in [0.1, 0.15) is 23.2 Å². The molecular weight excluding hydrogens is 461 g/mol. The van der Waals surface area contributed by atoms with E-state index in [0.29, 0.717) is 18.8 Å². The van der Waals surface area contributed by atoms with Crippen molar-refractivity contribution < 1.29 is 31.2 Å². The Morgan fingerprint density at radius 1 is 0.970 bits per heavy atom. The number of nitrogens with one attached hydrogen (secondary N) is 3. The number of sulfonamides is 1. The Kier molecular flexibility index (Phi) is 7.59. The van der Waals surface area contributed by atoms with Crippen LogP contribution >= 0.6 is 0 Å². The van der Waals surface area contributed by atoms with Gasteiger partial charge in [0.2, 0.25) is 15.9 Å². The fraction of sp³-hybridized carbons (Fsp3) is 0.333. The molecule has 2 aromatic rings.